The van der Waals surface area contributed by atoms with Crippen molar-refractivity contribution >= 4 is 39.9 Å². The van der Waals surface area contributed by atoms with Crippen LogP contribution in [0.15, 0.2) is 84.9 Å². The topological polar surface area (TPSA) is 49.3 Å². The van der Waals surface area contributed by atoms with Gasteiger partial charge in [0.05, 0.1) is 12.1 Å². The maximum Gasteiger partial charge on any atom is 0.252 e. The average Bonchev–Trinajstić information content (AvgIpc) is 2.83. The van der Waals surface area contributed by atoms with Crippen LogP contribution in [0.2, 0.25) is 10.0 Å². The van der Waals surface area contributed by atoms with E-state index in [0.29, 0.717) is 27.6 Å². The van der Waals surface area contributed by atoms with Crippen molar-refractivity contribution < 1.29 is 9.90 Å². The van der Waals surface area contributed by atoms with Crippen molar-refractivity contribution in [3.05, 3.63) is 117 Å². The number of hydrogen-bond acceptors (Lipinski definition) is 2. The fourth-order valence-corrected chi connectivity index (χ4v) is 4.71. The van der Waals surface area contributed by atoms with E-state index >= 15 is 0 Å². The molecule has 2 atom stereocenters. The molecule has 180 valence electrons. The fraction of sp³-hybridized carbons (Fsp3) is 0.233. The summed E-state index contributed by atoms with van der Waals surface area (Å²) in [5.41, 5.74) is 3.45. The number of carbonyl (C=O) groups excluding carboxylic acids is 1. The van der Waals surface area contributed by atoms with Gasteiger partial charge in [-0.1, -0.05) is 105 Å². The molecule has 3 nitrogen and oxygen atoms in total. The molecule has 0 spiro atoms. The van der Waals surface area contributed by atoms with Gasteiger partial charge in [-0.2, -0.15) is 0 Å². The zero-order valence-electron chi connectivity index (χ0n) is 20.1. The number of halogens is 2. The first-order valence-corrected chi connectivity index (χ1v) is 12.4. The van der Waals surface area contributed by atoms with Crippen LogP contribution in [0.1, 0.15) is 53.9 Å². The van der Waals surface area contributed by atoms with Crippen LogP contribution in [0.5, 0.6) is 0 Å². The molecule has 0 bridgehead atoms. The van der Waals surface area contributed by atoms with Gasteiger partial charge < -0.3 is 10.4 Å². The zero-order chi connectivity index (χ0) is 25.2. The molecule has 0 radical (unpaired) electrons. The van der Waals surface area contributed by atoms with Gasteiger partial charge in [-0.25, -0.2) is 0 Å². The Labute approximate surface area is 216 Å². The summed E-state index contributed by atoms with van der Waals surface area (Å²) < 4.78 is 0. The Kier molecular flexibility index (Phi) is 7.51. The van der Waals surface area contributed by atoms with Gasteiger partial charge in [0, 0.05) is 21.0 Å². The predicted octanol–water partition coefficient (Wildman–Crippen LogP) is 7.52. The first kappa shape index (κ1) is 25.2. The van der Waals surface area contributed by atoms with Gasteiger partial charge in [0.1, 0.15) is 0 Å². The number of amides is 1. The van der Waals surface area contributed by atoms with Gasteiger partial charge in [0.15, 0.2) is 0 Å². The molecule has 0 saturated heterocycles. The second kappa shape index (κ2) is 10.4. The fourth-order valence-electron chi connectivity index (χ4n) is 4.27. The molecule has 4 aromatic carbocycles. The number of aliphatic hydroxyl groups is 1. The number of hydrogen-bond donors (Lipinski definition) is 2. The monoisotopic (exact) mass is 505 g/mol. The summed E-state index contributed by atoms with van der Waals surface area (Å²) >= 11 is 12.5. The first-order valence-electron chi connectivity index (χ1n) is 11.6. The Morgan fingerprint density at radius 2 is 1.54 bits per heavy atom. The summed E-state index contributed by atoms with van der Waals surface area (Å²) in [5.74, 6) is -0.268. The third kappa shape index (κ3) is 5.87. The normalized spacial score (nSPS) is 13.4. The average molecular weight is 506 g/mol. The molecule has 0 aliphatic carbocycles. The van der Waals surface area contributed by atoms with Crippen molar-refractivity contribution in [2.24, 2.45) is 0 Å². The van der Waals surface area contributed by atoms with E-state index in [2.05, 4.69) is 50.4 Å². The molecule has 1 amide bonds. The minimum atomic E-state index is -0.946. The molecular formula is C30H29Cl2NO2. The summed E-state index contributed by atoms with van der Waals surface area (Å²) in [7, 11) is 0. The quantitative estimate of drug-likeness (QED) is 0.284. The molecule has 0 aliphatic rings. The third-order valence-corrected chi connectivity index (χ3v) is 6.84. The van der Waals surface area contributed by atoms with E-state index in [1.54, 1.807) is 30.3 Å². The van der Waals surface area contributed by atoms with Crippen LogP contribution in [0, 0.1) is 0 Å². The second-order valence-electron chi connectivity index (χ2n) is 9.87. The highest BCUT2D eigenvalue weighted by atomic mass is 35.5. The Bertz CT molecular complexity index is 1340. The molecule has 0 saturated carbocycles. The van der Waals surface area contributed by atoms with E-state index in [-0.39, 0.29) is 11.3 Å². The van der Waals surface area contributed by atoms with E-state index in [1.807, 2.05) is 30.3 Å². The molecule has 0 aromatic heterocycles. The Balaban J connectivity index is 1.66. The van der Waals surface area contributed by atoms with Crippen LogP contribution in [0.25, 0.3) is 10.8 Å². The molecule has 2 N–H and O–H groups in total. The first-order chi connectivity index (χ1) is 16.6. The summed E-state index contributed by atoms with van der Waals surface area (Å²) in [6.07, 6.45) is -0.492. The SMILES string of the molecule is CC(C)(C)c1ccc(CC(NC(=O)c2cccc3c(Cl)cccc23)C(O)c2cccc(Cl)c2)cc1. The maximum atomic E-state index is 13.5. The van der Waals surface area contributed by atoms with Crippen LogP contribution in [0.4, 0.5) is 0 Å². The molecule has 0 fully saturated rings. The van der Waals surface area contributed by atoms with Crippen molar-refractivity contribution in [2.75, 3.05) is 0 Å². The third-order valence-electron chi connectivity index (χ3n) is 6.28. The van der Waals surface area contributed by atoms with Crippen molar-refractivity contribution in [3.63, 3.8) is 0 Å². The van der Waals surface area contributed by atoms with E-state index in [0.717, 1.165) is 16.3 Å². The predicted molar refractivity (Wildman–Crippen MR) is 145 cm³/mol. The standard InChI is InChI=1S/C30H29Cl2NO2/c1-30(2,3)21-15-13-19(14-16-21)17-27(28(34)20-7-4-8-22(31)18-20)33-29(35)25-11-5-10-24-23(25)9-6-12-26(24)32/h4-16,18,27-28,34H,17H2,1-3H3,(H,33,35). The van der Waals surface area contributed by atoms with Crippen LogP contribution >= 0.6 is 23.2 Å². The van der Waals surface area contributed by atoms with Crippen molar-refractivity contribution in [1.29, 1.82) is 0 Å². The van der Waals surface area contributed by atoms with Gasteiger partial charge in [-0.15, -0.1) is 0 Å². The lowest BCUT2D eigenvalue weighted by molar-refractivity contribution is 0.0834. The molecule has 4 aromatic rings. The summed E-state index contributed by atoms with van der Waals surface area (Å²) in [4.78, 5) is 13.5. The number of benzene rings is 4. The minimum Gasteiger partial charge on any atom is -0.386 e. The highest BCUT2D eigenvalue weighted by Gasteiger charge is 2.25. The van der Waals surface area contributed by atoms with E-state index in [1.165, 1.54) is 5.56 Å². The van der Waals surface area contributed by atoms with Crippen LogP contribution < -0.4 is 5.32 Å². The Hall–Kier alpha value is -2.85. The molecule has 0 aliphatic heterocycles. The van der Waals surface area contributed by atoms with Crippen LogP contribution in [-0.2, 0) is 11.8 Å². The molecule has 0 heterocycles. The highest BCUT2D eigenvalue weighted by molar-refractivity contribution is 6.36. The molecule has 35 heavy (non-hydrogen) atoms. The van der Waals surface area contributed by atoms with Gasteiger partial charge in [-0.05, 0) is 58.2 Å². The lowest BCUT2D eigenvalue weighted by Gasteiger charge is -2.26. The molecule has 2 unspecified atom stereocenters. The minimum absolute atomic E-state index is 0.0437. The number of fused-ring (bicyclic) bond motifs is 1. The van der Waals surface area contributed by atoms with Gasteiger partial charge in [0.2, 0.25) is 0 Å². The van der Waals surface area contributed by atoms with Crippen molar-refractivity contribution in [3.8, 4) is 0 Å². The van der Waals surface area contributed by atoms with Crippen LogP contribution in [0.3, 0.4) is 0 Å². The number of nitrogens with one attached hydrogen (secondary N) is 1. The van der Waals surface area contributed by atoms with E-state index in [9.17, 15) is 9.90 Å². The summed E-state index contributed by atoms with van der Waals surface area (Å²) in [6, 6.07) is 25.8. The largest absolute Gasteiger partial charge is 0.386 e. The van der Waals surface area contributed by atoms with E-state index < -0.39 is 12.1 Å². The second-order valence-corrected chi connectivity index (χ2v) is 10.7. The van der Waals surface area contributed by atoms with Crippen molar-refractivity contribution in [2.45, 2.75) is 44.8 Å². The summed E-state index contributed by atoms with van der Waals surface area (Å²) in [6.45, 7) is 6.51. The smallest absolute Gasteiger partial charge is 0.252 e. The Morgan fingerprint density at radius 3 is 2.23 bits per heavy atom. The molecule has 5 heteroatoms. The molecular weight excluding hydrogens is 477 g/mol. The van der Waals surface area contributed by atoms with Gasteiger partial charge in [-0.3, -0.25) is 4.79 Å². The summed E-state index contributed by atoms with van der Waals surface area (Å²) in [5, 5.41) is 17.1. The number of aliphatic hydroxyl groups excluding tert-OH is 1. The highest BCUT2D eigenvalue weighted by Crippen LogP contribution is 2.28. The van der Waals surface area contributed by atoms with Crippen LogP contribution in [-0.4, -0.2) is 17.1 Å². The van der Waals surface area contributed by atoms with Crippen molar-refractivity contribution in [1.82, 2.24) is 5.32 Å². The maximum absolute atomic E-state index is 13.5. The lowest BCUT2D eigenvalue weighted by Crippen LogP contribution is -2.41. The number of carbonyl (C=O) groups is 1. The Morgan fingerprint density at radius 1 is 0.886 bits per heavy atom. The van der Waals surface area contributed by atoms with E-state index in [4.69, 9.17) is 23.2 Å². The van der Waals surface area contributed by atoms with Gasteiger partial charge >= 0.3 is 0 Å². The van der Waals surface area contributed by atoms with Gasteiger partial charge in [0.25, 0.3) is 5.91 Å². The zero-order valence-corrected chi connectivity index (χ0v) is 21.6. The lowest BCUT2D eigenvalue weighted by atomic mass is 9.86. The number of rotatable bonds is 6. The molecule has 4 rings (SSSR count).